The molecule has 11 heteroatoms. The standard InChI is InChI=1S/C29H45N3O8/c1-9-19(4)24(32-28(37)39-17-20-13-11-10-12-14-20)26(35)31-23(18(2)3)25(34)30-21(27(36)38-8)15-16-22(33)40-29(5,6)7/h10-14,18-19,21,23-24H,9,15-17H2,1-8H3,(H,30,34)(H,31,35)(H,32,37). The van der Waals surface area contributed by atoms with Crippen LogP contribution >= 0.6 is 0 Å². The van der Waals surface area contributed by atoms with E-state index >= 15 is 0 Å². The summed E-state index contributed by atoms with van der Waals surface area (Å²) in [5.41, 5.74) is 0.105. The number of ether oxygens (including phenoxy) is 3. The normalized spacial score (nSPS) is 14.2. The zero-order chi connectivity index (χ0) is 30.5. The van der Waals surface area contributed by atoms with Crippen LogP contribution in [0.4, 0.5) is 4.79 Å². The van der Waals surface area contributed by atoms with Crippen molar-refractivity contribution in [1.82, 2.24) is 16.0 Å². The molecular formula is C29H45N3O8. The quantitative estimate of drug-likeness (QED) is 0.231. The number of benzene rings is 1. The highest BCUT2D eigenvalue weighted by Gasteiger charge is 2.34. The summed E-state index contributed by atoms with van der Waals surface area (Å²) in [7, 11) is 1.18. The van der Waals surface area contributed by atoms with Crippen molar-refractivity contribution in [2.24, 2.45) is 11.8 Å². The van der Waals surface area contributed by atoms with Crippen LogP contribution in [0.1, 0.15) is 73.3 Å². The smallest absolute Gasteiger partial charge is 0.408 e. The number of hydrogen-bond donors (Lipinski definition) is 3. The lowest BCUT2D eigenvalue weighted by molar-refractivity contribution is -0.155. The molecular weight excluding hydrogens is 518 g/mol. The first-order valence-corrected chi connectivity index (χ1v) is 13.6. The molecule has 11 nitrogen and oxygen atoms in total. The van der Waals surface area contributed by atoms with Crippen molar-refractivity contribution in [2.75, 3.05) is 7.11 Å². The van der Waals surface area contributed by atoms with Crippen molar-refractivity contribution in [3.05, 3.63) is 35.9 Å². The molecule has 0 radical (unpaired) electrons. The van der Waals surface area contributed by atoms with E-state index in [1.165, 1.54) is 7.11 Å². The highest BCUT2D eigenvalue weighted by Crippen LogP contribution is 2.13. The zero-order valence-corrected chi connectivity index (χ0v) is 24.9. The Labute approximate surface area is 237 Å². The minimum absolute atomic E-state index is 0.0384. The van der Waals surface area contributed by atoms with Crippen LogP contribution in [0.2, 0.25) is 0 Å². The molecule has 4 atom stereocenters. The summed E-state index contributed by atoms with van der Waals surface area (Å²) in [5.74, 6) is -3.08. The van der Waals surface area contributed by atoms with Gasteiger partial charge in [-0.25, -0.2) is 9.59 Å². The van der Waals surface area contributed by atoms with Crippen LogP contribution in [0, 0.1) is 11.8 Å². The minimum Gasteiger partial charge on any atom is -0.467 e. The maximum absolute atomic E-state index is 13.3. The molecule has 1 aromatic carbocycles. The third-order valence-corrected chi connectivity index (χ3v) is 6.09. The average molecular weight is 564 g/mol. The van der Waals surface area contributed by atoms with Crippen molar-refractivity contribution in [2.45, 2.75) is 98.1 Å². The van der Waals surface area contributed by atoms with Gasteiger partial charge in [0, 0.05) is 6.42 Å². The molecule has 0 aromatic heterocycles. The first-order valence-electron chi connectivity index (χ1n) is 13.6. The summed E-state index contributed by atoms with van der Waals surface area (Å²) in [6, 6.07) is 6.00. The van der Waals surface area contributed by atoms with Gasteiger partial charge in [0.15, 0.2) is 0 Å². The van der Waals surface area contributed by atoms with Crippen molar-refractivity contribution < 1.29 is 38.2 Å². The third kappa shape index (κ3) is 12.5. The van der Waals surface area contributed by atoms with E-state index in [-0.39, 0.29) is 31.3 Å². The van der Waals surface area contributed by atoms with Gasteiger partial charge in [0.2, 0.25) is 11.8 Å². The van der Waals surface area contributed by atoms with Gasteiger partial charge in [0.05, 0.1) is 7.11 Å². The second kappa shape index (κ2) is 16.5. The Morgan fingerprint density at radius 1 is 0.875 bits per heavy atom. The lowest BCUT2D eigenvalue weighted by Gasteiger charge is -2.28. The second-order valence-corrected chi connectivity index (χ2v) is 11.0. The molecule has 0 bridgehead atoms. The molecule has 0 saturated heterocycles. The Balaban J connectivity index is 2.91. The van der Waals surface area contributed by atoms with E-state index in [2.05, 4.69) is 16.0 Å². The number of hydrogen-bond acceptors (Lipinski definition) is 8. The number of carbonyl (C=O) groups is 5. The first-order chi connectivity index (χ1) is 18.7. The van der Waals surface area contributed by atoms with Gasteiger partial charge in [-0.2, -0.15) is 0 Å². The molecule has 40 heavy (non-hydrogen) atoms. The largest absolute Gasteiger partial charge is 0.467 e. The molecule has 0 aliphatic carbocycles. The molecule has 0 fully saturated rings. The fraction of sp³-hybridized carbons (Fsp3) is 0.621. The van der Waals surface area contributed by atoms with E-state index in [4.69, 9.17) is 14.2 Å². The molecule has 3 N–H and O–H groups in total. The number of rotatable bonds is 14. The average Bonchev–Trinajstić information content (AvgIpc) is 2.89. The van der Waals surface area contributed by atoms with Crippen LogP contribution in [-0.2, 0) is 40.0 Å². The molecule has 1 rings (SSSR count). The zero-order valence-electron chi connectivity index (χ0n) is 24.9. The molecule has 1 aromatic rings. The number of amides is 3. The third-order valence-electron chi connectivity index (χ3n) is 6.09. The molecule has 3 amide bonds. The monoisotopic (exact) mass is 563 g/mol. The fourth-order valence-electron chi connectivity index (χ4n) is 3.68. The van der Waals surface area contributed by atoms with E-state index in [1.807, 2.05) is 37.3 Å². The number of carbonyl (C=O) groups excluding carboxylic acids is 5. The highest BCUT2D eigenvalue weighted by atomic mass is 16.6. The van der Waals surface area contributed by atoms with Crippen molar-refractivity contribution in [1.29, 1.82) is 0 Å². The van der Waals surface area contributed by atoms with Gasteiger partial charge in [0.1, 0.15) is 30.3 Å². The SMILES string of the molecule is CCC(C)C(NC(=O)OCc1ccccc1)C(=O)NC(C(=O)NC(CCC(=O)OC(C)(C)C)C(=O)OC)C(C)C. The summed E-state index contributed by atoms with van der Waals surface area (Å²) < 4.78 is 15.3. The molecule has 0 aliphatic heterocycles. The van der Waals surface area contributed by atoms with Gasteiger partial charge in [-0.05, 0) is 44.6 Å². The van der Waals surface area contributed by atoms with Gasteiger partial charge < -0.3 is 30.2 Å². The van der Waals surface area contributed by atoms with Crippen LogP contribution in [0.5, 0.6) is 0 Å². The van der Waals surface area contributed by atoms with Crippen LogP contribution < -0.4 is 16.0 Å². The maximum atomic E-state index is 13.3. The second-order valence-electron chi connectivity index (χ2n) is 11.0. The van der Waals surface area contributed by atoms with Crippen molar-refractivity contribution in [3.8, 4) is 0 Å². The van der Waals surface area contributed by atoms with Crippen LogP contribution in [0.25, 0.3) is 0 Å². The Bertz CT molecular complexity index is 991. The first kappa shape index (κ1) is 34.4. The van der Waals surface area contributed by atoms with Gasteiger partial charge in [0.25, 0.3) is 0 Å². The summed E-state index contributed by atoms with van der Waals surface area (Å²) in [5, 5.41) is 7.90. The lowest BCUT2D eigenvalue weighted by atomic mass is 9.96. The van der Waals surface area contributed by atoms with Crippen LogP contribution in [0.15, 0.2) is 30.3 Å². The van der Waals surface area contributed by atoms with E-state index in [0.717, 1.165) is 5.56 Å². The fourth-order valence-corrected chi connectivity index (χ4v) is 3.68. The topological polar surface area (TPSA) is 149 Å². The summed E-state index contributed by atoms with van der Waals surface area (Å²) >= 11 is 0. The molecule has 0 spiro atoms. The number of alkyl carbamates (subject to hydrolysis) is 1. The Morgan fingerprint density at radius 2 is 1.48 bits per heavy atom. The Kier molecular flexibility index (Phi) is 14.2. The predicted molar refractivity (Wildman–Crippen MR) is 149 cm³/mol. The van der Waals surface area contributed by atoms with E-state index in [1.54, 1.807) is 41.5 Å². The van der Waals surface area contributed by atoms with Crippen LogP contribution in [-0.4, -0.2) is 60.7 Å². The number of nitrogens with one attached hydrogen (secondary N) is 3. The highest BCUT2D eigenvalue weighted by molar-refractivity contribution is 5.93. The van der Waals surface area contributed by atoms with E-state index in [0.29, 0.717) is 6.42 Å². The van der Waals surface area contributed by atoms with Gasteiger partial charge in [-0.1, -0.05) is 64.4 Å². The molecule has 224 valence electrons. The minimum atomic E-state index is -1.13. The number of methoxy groups -OCH3 is 1. The molecule has 4 unspecified atom stereocenters. The lowest BCUT2D eigenvalue weighted by Crippen LogP contribution is -2.58. The van der Waals surface area contributed by atoms with Crippen LogP contribution in [0.3, 0.4) is 0 Å². The predicted octanol–water partition coefficient (Wildman–Crippen LogP) is 3.25. The van der Waals surface area contributed by atoms with Gasteiger partial charge in [-0.3, -0.25) is 14.4 Å². The maximum Gasteiger partial charge on any atom is 0.408 e. The van der Waals surface area contributed by atoms with E-state index < -0.39 is 53.6 Å². The summed E-state index contributed by atoms with van der Waals surface area (Å²) in [4.78, 5) is 63.5. The molecule has 0 saturated carbocycles. The Morgan fingerprint density at radius 3 is 2.00 bits per heavy atom. The summed E-state index contributed by atoms with van der Waals surface area (Å²) in [6.45, 7) is 12.4. The Hall–Kier alpha value is -3.63. The number of esters is 2. The van der Waals surface area contributed by atoms with Crippen molar-refractivity contribution in [3.63, 3.8) is 0 Å². The molecule has 0 aliphatic rings. The molecule has 0 heterocycles. The van der Waals surface area contributed by atoms with Gasteiger partial charge in [-0.15, -0.1) is 0 Å². The van der Waals surface area contributed by atoms with E-state index in [9.17, 15) is 24.0 Å². The summed E-state index contributed by atoms with van der Waals surface area (Å²) in [6.07, 6.45) is -0.356. The van der Waals surface area contributed by atoms with Crippen molar-refractivity contribution >= 4 is 29.8 Å². The van der Waals surface area contributed by atoms with Gasteiger partial charge >= 0.3 is 18.0 Å².